The Hall–Kier alpha value is -1.74. The van der Waals surface area contributed by atoms with E-state index in [1.54, 1.807) is 15.9 Å². The Morgan fingerprint density at radius 1 is 1.24 bits per heavy atom. The van der Waals surface area contributed by atoms with Gasteiger partial charge in [0, 0.05) is 18.0 Å². The van der Waals surface area contributed by atoms with Gasteiger partial charge in [-0.3, -0.25) is 9.36 Å². The van der Waals surface area contributed by atoms with Crippen molar-refractivity contribution in [1.82, 2.24) is 29.8 Å². The third-order valence-corrected chi connectivity index (χ3v) is 6.30. The van der Waals surface area contributed by atoms with Gasteiger partial charge in [-0.2, -0.15) is 0 Å². The van der Waals surface area contributed by atoms with Crippen LogP contribution < -0.4 is 5.56 Å². The quantitative estimate of drug-likeness (QED) is 0.464. The van der Waals surface area contributed by atoms with Crippen LogP contribution in [0.4, 0.5) is 0 Å². The van der Waals surface area contributed by atoms with Crippen LogP contribution in [0.3, 0.4) is 0 Å². The van der Waals surface area contributed by atoms with Gasteiger partial charge in [0.2, 0.25) is 0 Å². The number of thioether (sulfide) groups is 1. The van der Waals surface area contributed by atoms with Gasteiger partial charge in [0.15, 0.2) is 11.0 Å². The van der Waals surface area contributed by atoms with Gasteiger partial charge in [-0.25, -0.2) is 9.67 Å². The molecule has 0 amide bonds. The topological polar surface area (TPSA) is 78.5 Å². The summed E-state index contributed by atoms with van der Waals surface area (Å²) in [4.78, 5) is 19.6. The first-order valence-corrected chi connectivity index (χ1v) is 10.2. The molecule has 0 saturated heterocycles. The van der Waals surface area contributed by atoms with Gasteiger partial charge in [-0.15, -0.1) is 16.4 Å². The molecule has 3 aromatic rings. The highest BCUT2D eigenvalue weighted by molar-refractivity contribution is 7.98. The Balaban J connectivity index is 1.91. The fraction of sp³-hybridized carbons (Fsp3) is 0.562. The van der Waals surface area contributed by atoms with E-state index in [2.05, 4.69) is 22.4 Å². The summed E-state index contributed by atoms with van der Waals surface area (Å²) >= 11 is 3.10. The van der Waals surface area contributed by atoms with E-state index in [1.165, 1.54) is 11.8 Å². The summed E-state index contributed by atoms with van der Waals surface area (Å²) in [5.41, 5.74) is 1.09. The van der Waals surface area contributed by atoms with Crippen molar-refractivity contribution in [2.45, 2.75) is 64.5 Å². The molecule has 0 saturated carbocycles. The molecule has 0 unspecified atom stereocenters. The minimum Gasteiger partial charge on any atom is -0.287 e. The summed E-state index contributed by atoms with van der Waals surface area (Å²) in [6, 6.07) is 0. The predicted octanol–water partition coefficient (Wildman–Crippen LogP) is 3.17. The molecule has 134 valence electrons. The molecule has 3 heterocycles. The summed E-state index contributed by atoms with van der Waals surface area (Å²) < 4.78 is 3.58. The molecule has 0 bridgehead atoms. The number of aryl methyl sites for hydroxylation is 3. The second kappa shape index (κ2) is 7.65. The maximum Gasteiger partial charge on any atom is 0.263 e. The van der Waals surface area contributed by atoms with Crippen molar-refractivity contribution in [1.29, 1.82) is 0 Å². The number of thiophene rings is 1. The van der Waals surface area contributed by atoms with Crippen molar-refractivity contribution < 1.29 is 0 Å². The molecular formula is C16H22N6OS2. The molecule has 0 radical (unpaired) electrons. The van der Waals surface area contributed by atoms with E-state index in [9.17, 15) is 4.79 Å². The maximum atomic E-state index is 12.9. The lowest BCUT2D eigenvalue weighted by Crippen LogP contribution is -2.22. The van der Waals surface area contributed by atoms with E-state index >= 15 is 0 Å². The summed E-state index contributed by atoms with van der Waals surface area (Å²) in [6.07, 6.45) is 2.14. The minimum atomic E-state index is 0.0439. The van der Waals surface area contributed by atoms with E-state index in [4.69, 9.17) is 4.98 Å². The van der Waals surface area contributed by atoms with Crippen LogP contribution in [0.1, 0.15) is 43.0 Å². The molecule has 0 aliphatic carbocycles. The lowest BCUT2D eigenvalue weighted by molar-refractivity contribution is 0.540. The zero-order valence-electron chi connectivity index (χ0n) is 14.9. The lowest BCUT2D eigenvalue weighted by atomic mass is 10.2. The number of nitrogens with zero attached hydrogens (tertiary/aromatic N) is 6. The van der Waals surface area contributed by atoms with E-state index in [0.717, 1.165) is 51.0 Å². The van der Waals surface area contributed by atoms with Crippen LogP contribution in [-0.4, -0.2) is 29.8 Å². The number of fused-ring (bicyclic) bond motifs is 1. The zero-order valence-corrected chi connectivity index (χ0v) is 16.6. The van der Waals surface area contributed by atoms with Crippen molar-refractivity contribution in [3.05, 3.63) is 26.6 Å². The Bertz CT molecular complexity index is 942. The van der Waals surface area contributed by atoms with Gasteiger partial charge in [0.1, 0.15) is 4.83 Å². The average Bonchev–Trinajstić information content (AvgIpc) is 3.15. The van der Waals surface area contributed by atoms with Crippen molar-refractivity contribution in [2.24, 2.45) is 0 Å². The van der Waals surface area contributed by atoms with Crippen LogP contribution in [0.5, 0.6) is 0 Å². The van der Waals surface area contributed by atoms with Crippen LogP contribution in [-0.2, 0) is 18.8 Å². The first-order valence-electron chi connectivity index (χ1n) is 8.45. The fourth-order valence-corrected chi connectivity index (χ4v) is 4.70. The normalized spacial score (nSPS) is 11.5. The first-order chi connectivity index (χ1) is 12.1. The van der Waals surface area contributed by atoms with Gasteiger partial charge >= 0.3 is 0 Å². The molecular weight excluding hydrogens is 356 g/mol. The molecule has 9 heteroatoms. The summed E-state index contributed by atoms with van der Waals surface area (Å²) in [5.74, 6) is 1.41. The third kappa shape index (κ3) is 3.48. The Morgan fingerprint density at radius 2 is 2.04 bits per heavy atom. The summed E-state index contributed by atoms with van der Waals surface area (Å²) in [7, 11) is 0. The SMILES string of the molecule is CCCCn1nnnc1CSc1nc2sc(C)c(C)c2c(=O)n1CC. The van der Waals surface area contributed by atoms with Crippen LogP contribution >= 0.6 is 23.1 Å². The van der Waals surface area contributed by atoms with Crippen molar-refractivity contribution in [3.63, 3.8) is 0 Å². The molecule has 0 aromatic carbocycles. The predicted molar refractivity (Wildman–Crippen MR) is 101 cm³/mol. The van der Waals surface area contributed by atoms with Crippen LogP contribution in [0.15, 0.2) is 9.95 Å². The smallest absolute Gasteiger partial charge is 0.263 e. The fourth-order valence-electron chi connectivity index (χ4n) is 2.64. The third-order valence-electron chi connectivity index (χ3n) is 4.23. The Labute approximate surface area is 154 Å². The number of unbranched alkanes of at least 4 members (excludes halogenated alkanes) is 1. The number of rotatable bonds is 7. The van der Waals surface area contributed by atoms with Crippen LogP contribution in [0, 0.1) is 13.8 Å². The standard InChI is InChI=1S/C16H22N6OS2/c1-5-7-8-22-12(18-19-20-22)9-24-16-17-14-13(10(3)11(4)25-14)15(23)21(16)6-2/h5-9H2,1-4H3. The number of tetrazole rings is 1. The zero-order chi connectivity index (χ0) is 18.0. The van der Waals surface area contributed by atoms with Crippen LogP contribution in [0.25, 0.3) is 10.2 Å². The van der Waals surface area contributed by atoms with Crippen LogP contribution in [0.2, 0.25) is 0 Å². The molecule has 0 fully saturated rings. The second-order valence-corrected chi connectivity index (χ2v) is 8.01. The van der Waals surface area contributed by atoms with Crippen molar-refractivity contribution >= 4 is 33.3 Å². The highest BCUT2D eigenvalue weighted by Crippen LogP contribution is 2.29. The molecule has 0 spiro atoms. The number of hydrogen-bond acceptors (Lipinski definition) is 7. The van der Waals surface area contributed by atoms with E-state index in [-0.39, 0.29) is 5.56 Å². The van der Waals surface area contributed by atoms with E-state index < -0.39 is 0 Å². The monoisotopic (exact) mass is 378 g/mol. The maximum absolute atomic E-state index is 12.9. The largest absolute Gasteiger partial charge is 0.287 e. The van der Waals surface area contributed by atoms with Gasteiger partial charge < -0.3 is 0 Å². The first kappa shape index (κ1) is 18.1. The lowest BCUT2D eigenvalue weighted by Gasteiger charge is -2.10. The molecule has 0 aliphatic rings. The van der Waals surface area contributed by atoms with Gasteiger partial charge in [0.05, 0.1) is 11.1 Å². The Kier molecular flexibility index (Phi) is 5.53. The molecule has 3 rings (SSSR count). The average molecular weight is 379 g/mol. The van der Waals surface area contributed by atoms with E-state index in [1.807, 2.05) is 25.5 Å². The molecule has 25 heavy (non-hydrogen) atoms. The van der Waals surface area contributed by atoms with Gasteiger partial charge in [0.25, 0.3) is 5.56 Å². The summed E-state index contributed by atoms with van der Waals surface area (Å²) in [5, 5.41) is 13.4. The Morgan fingerprint density at radius 3 is 2.76 bits per heavy atom. The second-order valence-electron chi connectivity index (χ2n) is 5.87. The molecule has 0 N–H and O–H groups in total. The molecule has 0 aliphatic heterocycles. The van der Waals surface area contributed by atoms with Gasteiger partial charge in [-0.05, 0) is 43.2 Å². The minimum absolute atomic E-state index is 0.0439. The summed E-state index contributed by atoms with van der Waals surface area (Å²) in [6.45, 7) is 9.55. The van der Waals surface area contributed by atoms with Crippen molar-refractivity contribution in [2.75, 3.05) is 0 Å². The highest BCUT2D eigenvalue weighted by Gasteiger charge is 2.17. The molecule has 0 atom stereocenters. The number of aromatic nitrogens is 6. The molecule has 3 aromatic heterocycles. The van der Waals surface area contributed by atoms with Crippen molar-refractivity contribution in [3.8, 4) is 0 Å². The molecule has 7 nitrogen and oxygen atoms in total. The number of hydrogen-bond donors (Lipinski definition) is 0. The highest BCUT2D eigenvalue weighted by atomic mass is 32.2. The van der Waals surface area contributed by atoms with E-state index in [0.29, 0.717) is 12.3 Å². The van der Waals surface area contributed by atoms with Gasteiger partial charge in [-0.1, -0.05) is 25.1 Å².